The van der Waals surface area contributed by atoms with Crippen molar-refractivity contribution in [3.63, 3.8) is 0 Å². The van der Waals surface area contributed by atoms with E-state index in [1.807, 2.05) is 13.8 Å². The van der Waals surface area contributed by atoms with Crippen LogP contribution >= 0.6 is 0 Å². The Morgan fingerprint density at radius 2 is 1.89 bits per heavy atom. The summed E-state index contributed by atoms with van der Waals surface area (Å²) in [5.74, 6) is -1.41. The predicted octanol–water partition coefficient (Wildman–Crippen LogP) is 1.20. The molecule has 2 bridgehead atoms. The maximum atomic E-state index is 12.4. The first-order valence-corrected chi connectivity index (χ1v) is 10.4. The second-order valence-corrected chi connectivity index (χ2v) is 9.83. The molecule has 0 aromatic carbocycles. The van der Waals surface area contributed by atoms with E-state index in [4.69, 9.17) is 13.7 Å². The molecule has 3 fully saturated rings. The van der Waals surface area contributed by atoms with E-state index in [9.17, 15) is 18.0 Å². The highest BCUT2D eigenvalue weighted by Gasteiger charge is 2.83. The normalized spacial score (nSPS) is 43.5. The molecular formula is C18H26O8S. The number of hydrogen-bond acceptors (Lipinski definition) is 8. The number of fused-ring (bicyclic) bond motifs is 1. The average Bonchev–Trinajstić information content (AvgIpc) is 3.02. The van der Waals surface area contributed by atoms with Crippen molar-refractivity contribution in [1.29, 1.82) is 0 Å². The van der Waals surface area contributed by atoms with Crippen LogP contribution in [0, 0.1) is 17.3 Å². The van der Waals surface area contributed by atoms with Crippen LogP contribution in [0.25, 0.3) is 0 Å². The van der Waals surface area contributed by atoms with Gasteiger partial charge in [-0.1, -0.05) is 20.4 Å². The van der Waals surface area contributed by atoms with Crippen LogP contribution < -0.4 is 0 Å². The summed E-state index contributed by atoms with van der Waals surface area (Å²) >= 11 is 0. The summed E-state index contributed by atoms with van der Waals surface area (Å²) in [5, 5.41) is -0.489. The molecule has 0 N–H and O–H groups in total. The predicted molar refractivity (Wildman–Crippen MR) is 94.0 cm³/mol. The standard InChI is InChI=1S/C18H26O8S/c1-6-13(19)24-10-14(20)23-7-8-25-18(5)16(3)9-12-15(11(16)2)17(18,4)26-27(12,21)22/h6,11-12,15H,1,7-10H2,2-5H3. The van der Waals surface area contributed by atoms with Crippen molar-refractivity contribution in [2.24, 2.45) is 17.3 Å². The van der Waals surface area contributed by atoms with Crippen LogP contribution in [0.5, 0.6) is 0 Å². The molecule has 0 aromatic rings. The Balaban J connectivity index is 1.63. The first kappa shape index (κ1) is 20.3. The summed E-state index contributed by atoms with van der Waals surface area (Å²) in [7, 11) is -3.62. The van der Waals surface area contributed by atoms with Gasteiger partial charge in [-0.25, -0.2) is 9.59 Å². The smallest absolute Gasteiger partial charge is 0.344 e. The molecule has 27 heavy (non-hydrogen) atoms. The van der Waals surface area contributed by atoms with Crippen LogP contribution in [0.15, 0.2) is 12.7 Å². The summed E-state index contributed by atoms with van der Waals surface area (Å²) < 4.78 is 46.2. The maximum Gasteiger partial charge on any atom is 0.344 e. The SMILES string of the molecule is C=CC(=O)OCC(=O)OCCOC1(C)C2(C)CC3C(C2C)C1(C)OS3(=O)=O. The monoisotopic (exact) mass is 402 g/mol. The van der Waals surface area contributed by atoms with Gasteiger partial charge in [0.05, 0.1) is 11.9 Å². The van der Waals surface area contributed by atoms with Gasteiger partial charge in [0.15, 0.2) is 6.61 Å². The molecule has 152 valence electrons. The minimum Gasteiger partial charge on any atom is -0.461 e. The van der Waals surface area contributed by atoms with Gasteiger partial charge in [-0.15, -0.1) is 0 Å². The average molecular weight is 402 g/mol. The Bertz CT molecular complexity index is 776. The van der Waals surface area contributed by atoms with E-state index >= 15 is 0 Å². The van der Waals surface area contributed by atoms with E-state index in [1.165, 1.54) is 0 Å². The molecule has 1 heterocycles. The molecule has 2 saturated carbocycles. The van der Waals surface area contributed by atoms with Crippen LogP contribution in [0.1, 0.15) is 34.1 Å². The molecule has 3 rings (SSSR count). The van der Waals surface area contributed by atoms with Gasteiger partial charge < -0.3 is 14.2 Å². The molecule has 0 amide bonds. The third-order valence-electron chi connectivity index (χ3n) is 7.14. The van der Waals surface area contributed by atoms with Gasteiger partial charge in [0.1, 0.15) is 17.8 Å². The van der Waals surface area contributed by atoms with Crippen molar-refractivity contribution in [3.8, 4) is 0 Å². The third-order valence-corrected chi connectivity index (χ3v) is 8.92. The largest absolute Gasteiger partial charge is 0.461 e. The Labute approximate surface area is 159 Å². The Morgan fingerprint density at radius 3 is 2.52 bits per heavy atom. The fourth-order valence-corrected chi connectivity index (χ4v) is 7.74. The molecule has 6 unspecified atom stereocenters. The Hall–Kier alpha value is -1.45. The van der Waals surface area contributed by atoms with E-state index < -0.39 is 45.1 Å². The van der Waals surface area contributed by atoms with E-state index in [2.05, 4.69) is 18.2 Å². The molecule has 6 atom stereocenters. The van der Waals surface area contributed by atoms with Crippen LogP contribution in [0.2, 0.25) is 0 Å². The molecule has 9 heteroatoms. The lowest BCUT2D eigenvalue weighted by Crippen LogP contribution is -2.60. The Kier molecular flexibility index (Phi) is 4.72. The topological polar surface area (TPSA) is 105 Å². The fourth-order valence-electron chi connectivity index (χ4n) is 5.45. The number of ether oxygens (including phenoxy) is 3. The number of esters is 2. The lowest BCUT2D eigenvalue weighted by atomic mass is 9.66. The highest BCUT2D eigenvalue weighted by atomic mass is 32.2. The van der Waals surface area contributed by atoms with E-state index in [0.29, 0.717) is 6.42 Å². The summed E-state index contributed by atoms with van der Waals surface area (Å²) in [6, 6.07) is 0. The number of carbonyl (C=O) groups excluding carboxylic acids is 2. The molecular weight excluding hydrogens is 376 g/mol. The molecule has 0 radical (unpaired) electrons. The van der Waals surface area contributed by atoms with E-state index in [-0.39, 0.29) is 30.5 Å². The van der Waals surface area contributed by atoms with Gasteiger partial charge in [0.2, 0.25) is 0 Å². The molecule has 8 nitrogen and oxygen atoms in total. The van der Waals surface area contributed by atoms with Crippen LogP contribution in [0.4, 0.5) is 0 Å². The molecule has 2 aliphatic carbocycles. The number of rotatable bonds is 7. The van der Waals surface area contributed by atoms with Crippen molar-refractivity contribution in [2.75, 3.05) is 19.8 Å². The molecule has 0 aromatic heterocycles. The van der Waals surface area contributed by atoms with Crippen molar-refractivity contribution >= 4 is 22.1 Å². The van der Waals surface area contributed by atoms with Crippen LogP contribution in [0.3, 0.4) is 0 Å². The molecule has 3 aliphatic rings. The van der Waals surface area contributed by atoms with Crippen LogP contribution in [-0.4, -0.2) is 56.6 Å². The quantitative estimate of drug-likeness (QED) is 0.271. The molecule has 0 spiro atoms. The first-order valence-electron chi connectivity index (χ1n) is 8.96. The van der Waals surface area contributed by atoms with Gasteiger partial charge >= 0.3 is 11.9 Å². The lowest BCUT2D eigenvalue weighted by Gasteiger charge is -2.49. The minimum absolute atomic E-state index is 0.0402. The summed E-state index contributed by atoms with van der Waals surface area (Å²) in [6.07, 6.45) is 1.45. The van der Waals surface area contributed by atoms with E-state index in [0.717, 1.165) is 6.08 Å². The third kappa shape index (κ3) is 2.66. The number of carbonyl (C=O) groups is 2. The zero-order valence-corrected chi connectivity index (χ0v) is 16.8. The highest BCUT2D eigenvalue weighted by Crippen LogP contribution is 2.74. The lowest BCUT2D eigenvalue weighted by molar-refractivity contribution is -0.199. The van der Waals surface area contributed by atoms with Crippen LogP contribution in [-0.2, 0) is 38.1 Å². The summed E-state index contributed by atoms with van der Waals surface area (Å²) in [5.41, 5.74) is -2.16. The van der Waals surface area contributed by atoms with Crippen molar-refractivity contribution in [1.82, 2.24) is 0 Å². The highest BCUT2D eigenvalue weighted by molar-refractivity contribution is 7.87. The summed E-state index contributed by atoms with van der Waals surface area (Å²) in [4.78, 5) is 22.5. The number of hydrogen-bond donors (Lipinski definition) is 0. The van der Waals surface area contributed by atoms with Gasteiger partial charge in [0, 0.05) is 17.4 Å². The van der Waals surface area contributed by atoms with Crippen molar-refractivity contribution < 1.29 is 36.4 Å². The fraction of sp³-hybridized carbons (Fsp3) is 0.778. The second kappa shape index (κ2) is 6.28. The minimum atomic E-state index is -3.62. The zero-order chi connectivity index (χ0) is 20.3. The van der Waals surface area contributed by atoms with Gasteiger partial charge in [-0.05, 0) is 26.2 Å². The maximum absolute atomic E-state index is 12.4. The van der Waals surface area contributed by atoms with Gasteiger partial charge in [-0.3, -0.25) is 4.18 Å². The second-order valence-electron chi connectivity index (χ2n) is 8.07. The first-order chi connectivity index (χ1) is 12.4. The van der Waals surface area contributed by atoms with Gasteiger partial charge in [0.25, 0.3) is 10.1 Å². The van der Waals surface area contributed by atoms with Gasteiger partial charge in [-0.2, -0.15) is 8.42 Å². The molecule has 1 saturated heterocycles. The Morgan fingerprint density at radius 1 is 1.22 bits per heavy atom. The zero-order valence-electron chi connectivity index (χ0n) is 16.0. The summed E-state index contributed by atoms with van der Waals surface area (Å²) in [6.45, 7) is 10.5. The molecule has 1 aliphatic heterocycles. The van der Waals surface area contributed by atoms with E-state index in [1.54, 1.807) is 6.92 Å². The van der Waals surface area contributed by atoms with Crippen molar-refractivity contribution in [3.05, 3.63) is 12.7 Å². The van der Waals surface area contributed by atoms with Crippen molar-refractivity contribution in [2.45, 2.75) is 50.6 Å².